The Bertz CT molecular complexity index is 570. The average molecular weight is 276 g/mol. The highest BCUT2D eigenvalue weighted by atomic mass is 35.5. The van der Waals surface area contributed by atoms with E-state index in [1.807, 2.05) is 0 Å². The van der Waals surface area contributed by atoms with Gasteiger partial charge in [-0.25, -0.2) is 0 Å². The summed E-state index contributed by atoms with van der Waals surface area (Å²) in [5, 5.41) is 3.81. The number of aryl methyl sites for hydroxylation is 1. The maximum absolute atomic E-state index is 13.0. The van der Waals surface area contributed by atoms with E-state index in [1.165, 1.54) is 30.1 Å². The lowest BCUT2D eigenvalue weighted by molar-refractivity contribution is -0.137. The van der Waals surface area contributed by atoms with E-state index in [9.17, 15) is 13.2 Å². The first kappa shape index (κ1) is 12.8. The van der Waals surface area contributed by atoms with Gasteiger partial charge in [-0.2, -0.15) is 18.3 Å². The standard InChI is InChI=1S/C11H9ClF3N3/c1-18-10(8(16)5-17-18)9-6(11(13,14)15)3-2-4-7(9)12/h2-5H,16H2,1H3. The first-order chi connectivity index (χ1) is 8.32. The summed E-state index contributed by atoms with van der Waals surface area (Å²) in [5.41, 5.74) is 4.98. The van der Waals surface area contributed by atoms with Crippen molar-refractivity contribution in [1.29, 1.82) is 0 Å². The smallest absolute Gasteiger partial charge is 0.396 e. The molecule has 1 heterocycles. The molecule has 3 nitrogen and oxygen atoms in total. The first-order valence-corrected chi connectivity index (χ1v) is 5.33. The number of hydrogen-bond donors (Lipinski definition) is 1. The lowest BCUT2D eigenvalue weighted by Gasteiger charge is -2.15. The van der Waals surface area contributed by atoms with Crippen molar-refractivity contribution in [2.45, 2.75) is 6.18 Å². The van der Waals surface area contributed by atoms with Crippen LogP contribution in [0.5, 0.6) is 0 Å². The van der Waals surface area contributed by atoms with Crippen molar-refractivity contribution in [2.75, 3.05) is 5.73 Å². The van der Waals surface area contributed by atoms with Crippen molar-refractivity contribution in [1.82, 2.24) is 9.78 Å². The molecule has 0 radical (unpaired) electrons. The van der Waals surface area contributed by atoms with Crippen molar-refractivity contribution in [3.8, 4) is 11.3 Å². The Labute approximate surface area is 106 Å². The Morgan fingerprint density at radius 2 is 2.00 bits per heavy atom. The summed E-state index contributed by atoms with van der Waals surface area (Å²) in [6.45, 7) is 0. The van der Waals surface area contributed by atoms with Crippen LogP contribution in [-0.2, 0) is 13.2 Å². The molecule has 0 aliphatic carbocycles. The molecule has 0 spiro atoms. The van der Waals surface area contributed by atoms with Crippen LogP contribution in [-0.4, -0.2) is 9.78 Å². The van der Waals surface area contributed by atoms with E-state index in [4.69, 9.17) is 17.3 Å². The lowest BCUT2D eigenvalue weighted by Crippen LogP contribution is -2.09. The summed E-state index contributed by atoms with van der Waals surface area (Å²) in [6.07, 6.45) is -3.21. The van der Waals surface area contributed by atoms with Crippen molar-refractivity contribution in [3.63, 3.8) is 0 Å². The highest BCUT2D eigenvalue weighted by Crippen LogP contribution is 2.42. The lowest BCUT2D eigenvalue weighted by atomic mass is 10.0. The number of alkyl halides is 3. The molecule has 2 rings (SSSR count). The Hall–Kier alpha value is -1.69. The van der Waals surface area contributed by atoms with Crippen LogP contribution in [0.1, 0.15) is 5.56 Å². The second kappa shape index (κ2) is 4.20. The zero-order chi connectivity index (χ0) is 13.5. The number of nitrogens with two attached hydrogens (primary N) is 1. The molecule has 0 aliphatic heterocycles. The van der Waals surface area contributed by atoms with Crippen molar-refractivity contribution < 1.29 is 13.2 Å². The van der Waals surface area contributed by atoms with Gasteiger partial charge in [0.05, 0.1) is 28.2 Å². The molecule has 0 atom stereocenters. The molecule has 7 heteroatoms. The summed E-state index contributed by atoms with van der Waals surface area (Å²) in [4.78, 5) is 0. The van der Waals surface area contributed by atoms with Crippen molar-refractivity contribution >= 4 is 17.3 Å². The SMILES string of the molecule is Cn1ncc(N)c1-c1c(Cl)cccc1C(F)(F)F. The summed E-state index contributed by atoms with van der Waals surface area (Å²) in [7, 11) is 1.51. The van der Waals surface area contributed by atoms with Crippen LogP contribution < -0.4 is 5.73 Å². The third-order valence-corrected chi connectivity index (χ3v) is 2.84. The number of nitrogens with zero attached hydrogens (tertiary/aromatic N) is 2. The zero-order valence-electron chi connectivity index (χ0n) is 9.29. The van der Waals surface area contributed by atoms with Gasteiger partial charge in [0.15, 0.2) is 0 Å². The molecule has 0 saturated heterocycles. The van der Waals surface area contributed by atoms with Crippen LogP contribution in [0.15, 0.2) is 24.4 Å². The Kier molecular flexibility index (Phi) is 2.98. The molecule has 0 saturated carbocycles. The normalized spacial score (nSPS) is 11.8. The summed E-state index contributed by atoms with van der Waals surface area (Å²) in [6, 6.07) is 3.60. The third kappa shape index (κ3) is 2.03. The van der Waals surface area contributed by atoms with E-state index in [2.05, 4.69) is 5.10 Å². The van der Waals surface area contributed by atoms with Crippen LogP contribution in [0.25, 0.3) is 11.3 Å². The molecule has 0 bridgehead atoms. The highest BCUT2D eigenvalue weighted by Gasteiger charge is 2.35. The Morgan fingerprint density at radius 1 is 1.33 bits per heavy atom. The van der Waals surface area contributed by atoms with Crippen LogP contribution in [0.4, 0.5) is 18.9 Å². The fourth-order valence-electron chi connectivity index (χ4n) is 1.76. The van der Waals surface area contributed by atoms with E-state index in [-0.39, 0.29) is 22.0 Å². The minimum Gasteiger partial charge on any atom is -0.396 e. The second-order valence-corrected chi connectivity index (χ2v) is 4.14. The van der Waals surface area contributed by atoms with E-state index >= 15 is 0 Å². The summed E-state index contributed by atoms with van der Waals surface area (Å²) in [5.74, 6) is 0. The second-order valence-electron chi connectivity index (χ2n) is 3.73. The molecule has 1 aromatic carbocycles. The van der Waals surface area contributed by atoms with E-state index < -0.39 is 11.7 Å². The monoisotopic (exact) mass is 275 g/mol. The molecular formula is C11H9ClF3N3. The molecule has 2 N–H and O–H groups in total. The fourth-order valence-corrected chi connectivity index (χ4v) is 2.03. The summed E-state index contributed by atoms with van der Waals surface area (Å²) < 4.78 is 40.1. The van der Waals surface area contributed by atoms with E-state index in [0.29, 0.717) is 0 Å². The minimum atomic E-state index is -4.50. The molecule has 0 unspecified atom stereocenters. The molecule has 1 aromatic heterocycles. The third-order valence-electron chi connectivity index (χ3n) is 2.52. The quantitative estimate of drug-likeness (QED) is 0.867. The van der Waals surface area contributed by atoms with Crippen molar-refractivity contribution in [2.24, 2.45) is 7.05 Å². The minimum absolute atomic E-state index is 0.0138. The first-order valence-electron chi connectivity index (χ1n) is 4.96. The van der Waals surface area contributed by atoms with Gasteiger partial charge in [0.1, 0.15) is 0 Å². The Balaban J connectivity index is 2.79. The number of hydrogen-bond acceptors (Lipinski definition) is 2. The van der Waals surface area contributed by atoms with Gasteiger partial charge in [-0.15, -0.1) is 0 Å². The predicted octanol–water partition coefficient (Wildman–Crippen LogP) is 3.34. The van der Waals surface area contributed by atoms with Crippen LogP contribution >= 0.6 is 11.6 Å². The molecule has 2 aromatic rings. The molecule has 0 amide bonds. The highest BCUT2D eigenvalue weighted by molar-refractivity contribution is 6.33. The van der Waals surface area contributed by atoms with Crippen molar-refractivity contribution in [3.05, 3.63) is 35.0 Å². The Morgan fingerprint density at radius 3 is 2.50 bits per heavy atom. The average Bonchev–Trinajstić information content (AvgIpc) is 2.58. The van der Waals surface area contributed by atoms with Gasteiger partial charge in [0.2, 0.25) is 0 Å². The number of aromatic nitrogens is 2. The number of anilines is 1. The maximum Gasteiger partial charge on any atom is 0.417 e. The fraction of sp³-hybridized carbons (Fsp3) is 0.182. The van der Waals surface area contributed by atoms with Gasteiger partial charge in [-0.3, -0.25) is 4.68 Å². The topological polar surface area (TPSA) is 43.8 Å². The van der Waals surface area contributed by atoms with Crippen LogP contribution in [0.2, 0.25) is 5.02 Å². The number of rotatable bonds is 1. The van der Waals surface area contributed by atoms with E-state index in [1.54, 1.807) is 0 Å². The molecule has 0 fully saturated rings. The summed E-state index contributed by atoms with van der Waals surface area (Å²) >= 11 is 5.87. The maximum atomic E-state index is 13.0. The zero-order valence-corrected chi connectivity index (χ0v) is 10.0. The molecular weight excluding hydrogens is 267 g/mol. The predicted molar refractivity (Wildman–Crippen MR) is 63.1 cm³/mol. The van der Waals surface area contributed by atoms with Gasteiger partial charge in [0, 0.05) is 12.6 Å². The van der Waals surface area contributed by atoms with Gasteiger partial charge >= 0.3 is 6.18 Å². The molecule has 0 aliphatic rings. The van der Waals surface area contributed by atoms with Gasteiger partial charge in [0.25, 0.3) is 0 Å². The number of halogens is 4. The van der Waals surface area contributed by atoms with E-state index in [0.717, 1.165) is 6.07 Å². The number of benzene rings is 1. The van der Waals surface area contributed by atoms with Gasteiger partial charge < -0.3 is 5.73 Å². The van der Waals surface area contributed by atoms with Gasteiger partial charge in [-0.05, 0) is 12.1 Å². The van der Waals surface area contributed by atoms with Crippen LogP contribution in [0, 0.1) is 0 Å². The molecule has 96 valence electrons. The van der Waals surface area contributed by atoms with Crippen LogP contribution in [0.3, 0.4) is 0 Å². The molecule has 18 heavy (non-hydrogen) atoms. The largest absolute Gasteiger partial charge is 0.417 e. The number of nitrogen functional groups attached to an aromatic ring is 1. The van der Waals surface area contributed by atoms with Gasteiger partial charge in [-0.1, -0.05) is 17.7 Å².